The molecule has 1 aromatic heterocycles. The maximum Gasteiger partial charge on any atom is 0.212 e. The fourth-order valence-electron chi connectivity index (χ4n) is 1.47. The van der Waals surface area contributed by atoms with Gasteiger partial charge in [0.2, 0.25) is 5.78 Å². The second-order valence-corrected chi connectivity index (χ2v) is 3.94. The van der Waals surface area contributed by atoms with Gasteiger partial charge >= 0.3 is 0 Å². The molecule has 0 bridgehead atoms. The number of aryl methyl sites for hydroxylation is 1. The summed E-state index contributed by atoms with van der Waals surface area (Å²) in [5.41, 5.74) is 5.74. The van der Waals surface area contributed by atoms with Gasteiger partial charge in [0.15, 0.2) is 0 Å². The average Bonchev–Trinajstić information content (AvgIpc) is 2.62. The van der Waals surface area contributed by atoms with E-state index in [9.17, 15) is 9.18 Å². The molecule has 4 nitrogen and oxygen atoms in total. The Morgan fingerprint density at radius 3 is 2.76 bits per heavy atom. The number of nitrogens with two attached hydrogens (primary N) is 1. The van der Waals surface area contributed by atoms with Crippen molar-refractivity contribution in [1.29, 1.82) is 0 Å². The van der Waals surface area contributed by atoms with Crippen molar-refractivity contribution in [3.8, 4) is 0 Å². The molecule has 2 aromatic rings. The van der Waals surface area contributed by atoms with Crippen LogP contribution in [0.1, 0.15) is 16.1 Å². The fraction of sp³-hybridized carbons (Fsp3) is 0.0909. The van der Waals surface area contributed by atoms with Gasteiger partial charge in [0, 0.05) is 12.6 Å². The molecular formula is C11H9ClFN3O. The van der Waals surface area contributed by atoms with E-state index in [1.54, 1.807) is 7.05 Å². The van der Waals surface area contributed by atoms with Gasteiger partial charge in [0.25, 0.3) is 0 Å². The van der Waals surface area contributed by atoms with Crippen LogP contribution in [0.5, 0.6) is 0 Å². The lowest BCUT2D eigenvalue weighted by Gasteiger charge is -2.03. The van der Waals surface area contributed by atoms with E-state index < -0.39 is 11.6 Å². The molecule has 0 atom stereocenters. The minimum Gasteiger partial charge on any atom is -0.396 e. The highest BCUT2D eigenvalue weighted by Gasteiger charge is 2.18. The van der Waals surface area contributed by atoms with Gasteiger partial charge in [-0.3, -0.25) is 9.48 Å². The minimum absolute atomic E-state index is 0.00217. The van der Waals surface area contributed by atoms with Gasteiger partial charge in [0.1, 0.15) is 11.5 Å². The van der Waals surface area contributed by atoms with Crippen LogP contribution in [0.15, 0.2) is 24.4 Å². The van der Waals surface area contributed by atoms with Gasteiger partial charge in [-0.1, -0.05) is 11.6 Å². The number of rotatable bonds is 2. The number of anilines is 1. The van der Waals surface area contributed by atoms with E-state index in [0.29, 0.717) is 0 Å². The molecule has 2 rings (SSSR count). The van der Waals surface area contributed by atoms with Crippen LogP contribution in [0, 0.1) is 5.82 Å². The van der Waals surface area contributed by atoms with Gasteiger partial charge in [-0.15, -0.1) is 0 Å². The van der Waals surface area contributed by atoms with Gasteiger partial charge in [-0.2, -0.15) is 5.10 Å². The molecule has 1 heterocycles. The summed E-state index contributed by atoms with van der Waals surface area (Å²) in [6.45, 7) is 0. The SMILES string of the molecule is Cn1ncc(Cl)c1C(=O)c1ccc(N)c(F)c1. The predicted molar refractivity (Wildman–Crippen MR) is 62.5 cm³/mol. The summed E-state index contributed by atoms with van der Waals surface area (Å²) in [4.78, 5) is 12.1. The molecule has 17 heavy (non-hydrogen) atoms. The number of ketones is 1. The van der Waals surface area contributed by atoms with Gasteiger partial charge in [-0.25, -0.2) is 4.39 Å². The average molecular weight is 254 g/mol. The summed E-state index contributed by atoms with van der Waals surface area (Å²) in [5.74, 6) is -1.02. The molecule has 0 fully saturated rings. The van der Waals surface area contributed by atoms with E-state index in [1.807, 2.05) is 0 Å². The Kier molecular flexibility index (Phi) is 2.85. The molecule has 0 aliphatic rings. The Hall–Kier alpha value is -1.88. The molecule has 0 unspecified atom stereocenters. The first-order chi connectivity index (χ1) is 8.00. The quantitative estimate of drug-likeness (QED) is 0.658. The molecule has 0 spiro atoms. The third kappa shape index (κ3) is 2.01. The van der Waals surface area contributed by atoms with Crippen LogP contribution in [0.4, 0.5) is 10.1 Å². The Balaban J connectivity index is 2.48. The van der Waals surface area contributed by atoms with Crippen molar-refractivity contribution >= 4 is 23.1 Å². The zero-order valence-electron chi connectivity index (χ0n) is 8.95. The van der Waals surface area contributed by atoms with E-state index in [4.69, 9.17) is 17.3 Å². The molecule has 88 valence electrons. The monoisotopic (exact) mass is 253 g/mol. The molecule has 0 aliphatic carbocycles. The van der Waals surface area contributed by atoms with Crippen LogP contribution in [-0.4, -0.2) is 15.6 Å². The molecule has 0 aliphatic heterocycles. The smallest absolute Gasteiger partial charge is 0.212 e. The van der Waals surface area contributed by atoms with Gasteiger partial charge < -0.3 is 5.73 Å². The van der Waals surface area contributed by atoms with Gasteiger partial charge in [0.05, 0.1) is 16.9 Å². The number of hydrogen-bond acceptors (Lipinski definition) is 3. The highest BCUT2D eigenvalue weighted by atomic mass is 35.5. The zero-order chi connectivity index (χ0) is 12.6. The standard InChI is InChI=1S/C11H9ClFN3O/c1-16-10(7(12)5-15-16)11(17)6-2-3-9(14)8(13)4-6/h2-5H,14H2,1H3. The first kappa shape index (κ1) is 11.6. The van der Waals surface area contributed by atoms with Crippen molar-refractivity contribution in [1.82, 2.24) is 9.78 Å². The third-order valence-corrected chi connectivity index (χ3v) is 2.65. The van der Waals surface area contributed by atoms with E-state index in [-0.39, 0.29) is 22.0 Å². The Bertz CT molecular complexity index is 575. The van der Waals surface area contributed by atoms with E-state index in [0.717, 1.165) is 6.07 Å². The summed E-state index contributed by atoms with van der Waals surface area (Å²) in [5, 5.41) is 4.08. The molecular weight excluding hydrogens is 245 g/mol. The highest BCUT2D eigenvalue weighted by molar-refractivity contribution is 6.34. The van der Waals surface area contributed by atoms with Crippen LogP contribution in [0.2, 0.25) is 5.02 Å². The zero-order valence-corrected chi connectivity index (χ0v) is 9.70. The van der Waals surface area contributed by atoms with Crippen molar-refractivity contribution in [3.05, 3.63) is 46.5 Å². The Labute approximate surface area is 102 Å². The Morgan fingerprint density at radius 2 is 2.24 bits per heavy atom. The third-order valence-electron chi connectivity index (χ3n) is 2.37. The second-order valence-electron chi connectivity index (χ2n) is 3.53. The van der Waals surface area contributed by atoms with E-state index in [2.05, 4.69) is 5.10 Å². The lowest BCUT2D eigenvalue weighted by molar-refractivity contribution is 0.103. The molecule has 1 aromatic carbocycles. The molecule has 6 heteroatoms. The van der Waals surface area contributed by atoms with Crippen LogP contribution in [-0.2, 0) is 7.05 Å². The second kappa shape index (κ2) is 4.18. The molecule has 2 N–H and O–H groups in total. The maximum atomic E-state index is 13.2. The summed E-state index contributed by atoms with van der Waals surface area (Å²) < 4.78 is 14.6. The van der Waals surface area contributed by atoms with Gasteiger partial charge in [-0.05, 0) is 18.2 Å². The summed E-state index contributed by atoms with van der Waals surface area (Å²) in [6, 6.07) is 3.87. The van der Waals surface area contributed by atoms with E-state index in [1.165, 1.54) is 23.0 Å². The number of halogens is 2. The lowest BCUT2D eigenvalue weighted by Crippen LogP contribution is -2.09. The maximum absolute atomic E-state index is 13.2. The summed E-state index contributed by atoms with van der Waals surface area (Å²) in [7, 11) is 1.59. The lowest BCUT2D eigenvalue weighted by atomic mass is 10.1. The normalized spacial score (nSPS) is 10.5. The van der Waals surface area contributed by atoms with E-state index >= 15 is 0 Å². The number of carbonyl (C=O) groups excluding carboxylic acids is 1. The van der Waals surface area contributed by atoms with Crippen molar-refractivity contribution in [3.63, 3.8) is 0 Å². The van der Waals surface area contributed by atoms with Crippen LogP contribution in [0.3, 0.4) is 0 Å². The summed E-state index contributed by atoms with van der Waals surface area (Å²) >= 11 is 5.84. The van der Waals surface area contributed by atoms with Crippen LogP contribution >= 0.6 is 11.6 Å². The van der Waals surface area contributed by atoms with Crippen LogP contribution in [0.25, 0.3) is 0 Å². The molecule has 0 radical (unpaired) electrons. The number of aromatic nitrogens is 2. The van der Waals surface area contributed by atoms with Crippen molar-refractivity contribution in [2.45, 2.75) is 0 Å². The predicted octanol–water partition coefficient (Wildman–Crippen LogP) is 2.03. The number of nitrogen functional groups attached to an aromatic ring is 1. The Morgan fingerprint density at radius 1 is 1.53 bits per heavy atom. The molecule has 0 saturated carbocycles. The first-order valence-corrected chi connectivity index (χ1v) is 5.15. The van der Waals surface area contributed by atoms with Crippen molar-refractivity contribution in [2.24, 2.45) is 7.05 Å². The largest absolute Gasteiger partial charge is 0.396 e. The van der Waals surface area contributed by atoms with Crippen molar-refractivity contribution < 1.29 is 9.18 Å². The van der Waals surface area contributed by atoms with Crippen molar-refractivity contribution in [2.75, 3.05) is 5.73 Å². The summed E-state index contributed by atoms with van der Waals surface area (Å²) in [6.07, 6.45) is 1.36. The molecule has 0 saturated heterocycles. The fourth-order valence-corrected chi connectivity index (χ4v) is 1.72. The minimum atomic E-state index is -0.630. The molecule has 0 amide bonds. The number of nitrogens with zero attached hydrogens (tertiary/aromatic N) is 2. The van der Waals surface area contributed by atoms with Crippen LogP contribution < -0.4 is 5.73 Å². The number of carbonyl (C=O) groups is 1. The highest BCUT2D eigenvalue weighted by Crippen LogP contribution is 2.20. The first-order valence-electron chi connectivity index (χ1n) is 4.78. The number of hydrogen-bond donors (Lipinski definition) is 1. The number of benzene rings is 1. The topological polar surface area (TPSA) is 60.9 Å².